The monoisotopic (exact) mass is 261 g/mol. The highest BCUT2D eigenvalue weighted by molar-refractivity contribution is 5.27. The van der Waals surface area contributed by atoms with Crippen molar-refractivity contribution in [1.82, 2.24) is 0 Å². The maximum absolute atomic E-state index is 5.95. The number of hydrogen-bond donors (Lipinski definition) is 1. The maximum atomic E-state index is 5.95. The Morgan fingerprint density at radius 2 is 1.68 bits per heavy atom. The van der Waals surface area contributed by atoms with Gasteiger partial charge in [-0.1, -0.05) is 42.2 Å². The Hall–Kier alpha value is -0.860. The standard InChI is InChI=1S/C17H27NO/c1-13-7-14(2)9-15(8-13)11-19-12-17-6-4-3-5-16(17)10-18/h7-9,16-17H,3-6,10-12,18H2,1-2H3. The lowest BCUT2D eigenvalue weighted by Crippen LogP contribution is -2.29. The van der Waals surface area contributed by atoms with E-state index in [0.717, 1.165) is 19.8 Å². The average molecular weight is 261 g/mol. The molecule has 2 heteroatoms. The lowest BCUT2D eigenvalue weighted by atomic mass is 9.80. The molecule has 0 aromatic heterocycles. The predicted molar refractivity (Wildman–Crippen MR) is 80.1 cm³/mol. The summed E-state index contributed by atoms with van der Waals surface area (Å²) in [5.74, 6) is 1.35. The molecule has 2 unspecified atom stereocenters. The number of aryl methyl sites for hydroxylation is 2. The molecule has 0 radical (unpaired) electrons. The van der Waals surface area contributed by atoms with Crippen molar-refractivity contribution >= 4 is 0 Å². The summed E-state index contributed by atoms with van der Waals surface area (Å²) < 4.78 is 5.95. The Labute approximate surface area is 117 Å². The molecule has 2 rings (SSSR count). The van der Waals surface area contributed by atoms with Crippen molar-refractivity contribution in [3.63, 3.8) is 0 Å². The summed E-state index contributed by atoms with van der Waals surface area (Å²) in [4.78, 5) is 0. The second-order valence-corrected chi connectivity index (χ2v) is 6.05. The maximum Gasteiger partial charge on any atom is 0.0717 e. The molecule has 1 aliphatic carbocycles. The fourth-order valence-corrected chi connectivity index (χ4v) is 3.29. The van der Waals surface area contributed by atoms with E-state index in [2.05, 4.69) is 32.0 Å². The molecule has 0 aliphatic heterocycles. The van der Waals surface area contributed by atoms with Gasteiger partial charge in [0.2, 0.25) is 0 Å². The van der Waals surface area contributed by atoms with Gasteiger partial charge >= 0.3 is 0 Å². The van der Waals surface area contributed by atoms with Gasteiger partial charge in [0.05, 0.1) is 13.2 Å². The van der Waals surface area contributed by atoms with Crippen LogP contribution in [-0.2, 0) is 11.3 Å². The Morgan fingerprint density at radius 3 is 2.32 bits per heavy atom. The third-order valence-electron chi connectivity index (χ3n) is 4.25. The van der Waals surface area contributed by atoms with Crippen molar-refractivity contribution in [3.8, 4) is 0 Å². The van der Waals surface area contributed by atoms with Gasteiger partial charge in [-0.25, -0.2) is 0 Å². The first kappa shape index (κ1) is 14.5. The molecule has 0 saturated heterocycles. The summed E-state index contributed by atoms with van der Waals surface area (Å²) in [5.41, 5.74) is 9.78. The van der Waals surface area contributed by atoms with Crippen LogP contribution in [-0.4, -0.2) is 13.2 Å². The van der Waals surface area contributed by atoms with Crippen LogP contribution >= 0.6 is 0 Å². The molecule has 1 aliphatic rings. The van der Waals surface area contributed by atoms with Gasteiger partial charge in [0.1, 0.15) is 0 Å². The van der Waals surface area contributed by atoms with E-state index in [1.165, 1.54) is 42.4 Å². The molecule has 0 spiro atoms. The van der Waals surface area contributed by atoms with E-state index in [9.17, 15) is 0 Å². The quantitative estimate of drug-likeness (QED) is 0.879. The first-order chi connectivity index (χ1) is 9.19. The van der Waals surface area contributed by atoms with E-state index < -0.39 is 0 Å². The van der Waals surface area contributed by atoms with Crippen LogP contribution < -0.4 is 5.73 Å². The molecule has 1 fully saturated rings. The number of benzene rings is 1. The largest absolute Gasteiger partial charge is 0.376 e. The van der Waals surface area contributed by atoms with Crippen molar-refractivity contribution in [1.29, 1.82) is 0 Å². The molecule has 2 nitrogen and oxygen atoms in total. The zero-order valence-electron chi connectivity index (χ0n) is 12.3. The van der Waals surface area contributed by atoms with E-state index in [0.29, 0.717) is 11.8 Å². The van der Waals surface area contributed by atoms with E-state index >= 15 is 0 Å². The average Bonchev–Trinajstić information content (AvgIpc) is 2.38. The van der Waals surface area contributed by atoms with Gasteiger partial charge < -0.3 is 10.5 Å². The summed E-state index contributed by atoms with van der Waals surface area (Å²) in [5, 5.41) is 0. The SMILES string of the molecule is Cc1cc(C)cc(COCC2CCCCC2CN)c1. The van der Waals surface area contributed by atoms with Gasteiger partial charge in [-0.2, -0.15) is 0 Å². The Balaban J connectivity index is 1.82. The molecule has 106 valence electrons. The lowest BCUT2D eigenvalue weighted by molar-refractivity contribution is 0.0512. The molecule has 1 aromatic rings. The van der Waals surface area contributed by atoms with E-state index in [1.807, 2.05) is 0 Å². The number of hydrogen-bond acceptors (Lipinski definition) is 2. The normalized spacial score (nSPS) is 23.5. The summed E-state index contributed by atoms with van der Waals surface area (Å²) in [6.07, 6.45) is 5.26. The van der Waals surface area contributed by atoms with Gasteiger partial charge in [-0.3, -0.25) is 0 Å². The van der Waals surface area contributed by atoms with Crippen LogP contribution in [0.15, 0.2) is 18.2 Å². The van der Waals surface area contributed by atoms with Crippen LogP contribution in [0, 0.1) is 25.7 Å². The zero-order chi connectivity index (χ0) is 13.7. The van der Waals surface area contributed by atoms with Crippen molar-refractivity contribution in [2.24, 2.45) is 17.6 Å². The summed E-state index contributed by atoms with van der Waals surface area (Å²) >= 11 is 0. The fourth-order valence-electron chi connectivity index (χ4n) is 3.29. The Kier molecular flexibility index (Phi) is 5.41. The third kappa shape index (κ3) is 4.32. The van der Waals surface area contributed by atoms with Gasteiger partial charge in [0.15, 0.2) is 0 Å². The summed E-state index contributed by atoms with van der Waals surface area (Å²) in [6, 6.07) is 6.64. The molecule has 0 amide bonds. The van der Waals surface area contributed by atoms with Gasteiger partial charge in [0, 0.05) is 0 Å². The zero-order valence-corrected chi connectivity index (χ0v) is 12.3. The van der Waals surface area contributed by atoms with Crippen molar-refractivity contribution in [3.05, 3.63) is 34.9 Å². The van der Waals surface area contributed by atoms with Gasteiger partial charge in [-0.15, -0.1) is 0 Å². The lowest BCUT2D eigenvalue weighted by Gasteiger charge is -2.30. The molecular formula is C17H27NO. The second kappa shape index (κ2) is 7.06. The van der Waals surface area contributed by atoms with Crippen molar-refractivity contribution < 1.29 is 4.74 Å². The molecule has 1 aromatic carbocycles. The first-order valence-corrected chi connectivity index (χ1v) is 7.54. The highest BCUT2D eigenvalue weighted by atomic mass is 16.5. The van der Waals surface area contributed by atoms with Gasteiger partial charge in [-0.05, 0) is 50.6 Å². The van der Waals surface area contributed by atoms with E-state index in [4.69, 9.17) is 10.5 Å². The predicted octanol–water partition coefficient (Wildman–Crippen LogP) is 3.59. The van der Waals surface area contributed by atoms with Gasteiger partial charge in [0.25, 0.3) is 0 Å². The molecule has 0 heterocycles. The topological polar surface area (TPSA) is 35.2 Å². The Bertz CT molecular complexity index is 382. The molecule has 0 bridgehead atoms. The van der Waals surface area contributed by atoms with Crippen LogP contribution in [0.2, 0.25) is 0 Å². The van der Waals surface area contributed by atoms with Crippen LogP contribution in [0.1, 0.15) is 42.4 Å². The highest BCUT2D eigenvalue weighted by Crippen LogP contribution is 2.29. The minimum Gasteiger partial charge on any atom is -0.376 e. The minimum absolute atomic E-state index is 0.671. The second-order valence-electron chi connectivity index (χ2n) is 6.05. The van der Waals surface area contributed by atoms with Crippen LogP contribution in [0.5, 0.6) is 0 Å². The number of ether oxygens (including phenoxy) is 1. The number of rotatable bonds is 5. The molecule has 2 atom stereocenters. The molecule has 1 saturated carbocycles. The smallest absolute Gasteiger partial charge is 0.0717 e. The Morgan fingerprint density at radius 1 is 1.05 bits per heavy atom. The fraction of sp³-hybridized carbons (Fsp3) is 0.647. The first-order valence-electron chi connectivity index (χ1n) is 7.54. The van der Waals surface area contributed by atoms with Crippen LogP contribution in [0.3, 0.4) is 0 Å². The van der Waals surface area contributed by atoms with E-state index in [-0.39, 0.29) is 0 Å². The van der Waals surface area contributed by atoms with E-state index in [1.54, 1.807) is 0 Å². The number of nitrogens with two attached hydrogens (primary N) is 1. The van der Waals surface area contributed by atoms with Crippen molar-refractivity contribution in [2.75, 3.05) is 13.2 Å². The third-order valence-corrected chi connectivity index (χ3v) is 4.25. The van der Waals surface area contributed by atoms with Crippen LogP contribution in [0.25, 0.3) is 0 Å². The molecular weight excluding hydrogens is 234 g/mol. The molecule has 2 N–H and O–H groups in total. The van der Waals surface area contributed by atoms with Crippen LogP contribution in [0.4, 0.5) is 0 Å². The molecule has 19 heavy (non-hydrogen) atoms. The highest BCUT2D eigenvalue weighted by Gasteiger charge is 2.23. The summed E-state index contributed by atoms with van der Waals surface area (Å²) in [6.45, 7) is 6.70. The van der Waals surface area contributed by atoms with Crippen molar-refractivity contribution in [2.45, 2.75) is 46.1 Å². The minimum atomic E-state index is 0.671. The summed E-state index contributed by atoms with van der Waals surface area (Å²) in [7, 11) is 0.